The van der Waals surface area contributed by atoms with Gasteiger partial charge in [-0.3, -0.25) is 4.79 Å². The predicted octanol–water partition coefficient (Wildman–Crippen LogP) is 1.63. The van der Waals surface area contributed by atoms with Crippen LogP contribution in [0.25, 0.3) is 0 Å². The highest BCUT2D eigenvalue weighted by molar-refractivity contribution is 5.79. The molecule has 1 unspecified atom stereocenters. The van der Waals surface area contributed by atoms with E-state index in [0.29, 0.717) is 18.4 Å². The third-order valence-electron chi connectivity index (χ3n) is 4.09. The number of hydrogen-bond acceptors (Lipinski definition) is 3. The molecule has 1 rings (SSSR count). The molecule has 4 nitrogen and oxygen atoms in total. The monoisotopic (exact) mass is 256 g/mol. The molecule has 0 spiro atoms. The molecule has 0 radical (unpaired) electrons. The van der Waals surface area contributed by atoms with Gasteiger partial charge < -0.3 is 15.4 Å². The zero-order chi connectivity index (χ0) is 13.5. The maximum atomic E-state index is 12.5. The van der Waals surface area contributed by atoms with Gasteiger partial charge in [-0.1, -0.05) is 0 Å². The van der Waals surface area contributed by atoms with Gasteiger partial charge in [-0.05, 0) is 52.0 Å². The van der Waals surface area contributed by atoms with Gasteiger partial charge in [-0.2, -0.15) is 0 Å². The van der Waals surface area contributed by atoms with Crippen molar-refractivity contribution in [3.63, 3.8) is 0 Å². The van der Waals surface area contributed by atoms with E-state index in [2.05, 4.69) is 6.92 Å². The second-order valence-corrected chi connectivity index (χ2v) is 5.38. The fourth-order valence-corrected chi connectivity index (χ4v) is 2.90. The Morgan fingerprint density at radius 1 is 1.39 bits per heavy atom. The van der Waals surface area contributed by atoms with E-state index in [-0.39, 0.29) is 12.0 Å². The number of hydrogen-bond donors (Lipinski definition) is 1. The molecule has 1 fully saturated rings. The van der Waals surface area contributed by atoms with Crippen LogP contribution in [-0.2, 0) is 9.53 Å². The first-order valence-corrected chi connectivity index (χ1v) is 7.13. The van der Waals surface area contributed by atoms with Gasteiger partial charge in [0.1, 0.15) is 0 Å². The number of nitrogens with zero attached hydrogens (tertiary/aromatic N) is 1. The van der Waals surface area contributed by atoms with E-state index in [4.69, 9.17) is 10.5 Å². The molecule has 0 aromatic carbocycles. The lowest BCUT2D eigenvalue weighted by molar-refractivity contribution is -0.139. The minimum Gasteiger partial charge on any atom is -0.383 e. The molecule has 0 aromatic rings. The van der Waals surface area contributed by atoms with Crippen molar-refractivity contribution in [1.29, 1.82) is 0 Å². The number of carbonyl (C=O) groups is 1. The summed E-state index contributed by atoms with van der Waals surface area (Å²) in [4.78, 5) is 14.4. The van der Waals surface area contributed by atoms with E-state index in [9.17, 15) is 4.79 Å². The molecule has 0 heterocycles. The molecule has 0 saturated heterocycles. The highest BCUT2D eigenvalue weighted by Gasteiger charge is 2.30. The molecule has 1 atom stereocenters. The van der Waals surface area contributed by atoms with E-state index in [1.54, 1.807) is 7.11 Å². The van der Waals surface area contributed by atoms with Crippen molar-refractivity contribution < 1.29 is 9.53 Å². The van der Waals surface area contributed by atoms with Crippen LogP contribution in [0.3, 0.4) is 0 Å². The van der Waals surface area contributed by atoms with Crippen molar-refractivity contribution in [2.24, 2.45) is 17.6 Å². The molecule has 106 valence electrons. The number of amides is 1. The van der Waals surface area contributed by atoms with Gasteiger partial charge in [-0.25, -0.2) is 0 Å². The van der Waals surface area contributed by atoms with Crippen LogP contribution in [0.4, 0.5) is 0 Å². The quantitative estimate of drug-likeness (QED) is 0.786. The lowest BCUT2D eigenvalue weighted by Gasteiger charge is -2.34. The van der Waals surface area contributed by atoms with Crippen LogP contribution >= 0.6 is 0 Å². The lowest BCUT2D eigenvalue weighted by atomic mass is 9.81. The van der Waals surface area contributed by atoms with E-state index < -0.39 is 0 Å². The lowest BCUT2D eigenvalue weighted by Crippen LogP contribution is -2.45. The van der Waals surface area contributed by atoms with Gasteiger partial charge in [0, 0.05) is 19.6 Å². The Morgan fingerprint density at radius 3 is 2.44 bits per heavy atom. The number of nitrogens with two attached hydrogens (primary N) is 1. The molecular formula is C14H28N2O2. The number of rotatable bonds is 6. The number of methoxy groups -OCH3 is 1. The summed E-state index contributed by atoms with van der Waals surface area (Å²) >= 11 is 0. The topological polar surface area (TPSA) is 55.6 Å². The molecule has 1 saturated carbocycles. The molecule has 4 heteroatoms. The smallest absolute Gasteiger partial charge is 0.225 e. The summed E-state index contributed by atoms with van der Waals surface area (Å²) in [6.07, 6.45) is 4.19. The SMILES string of the molecule is CCN(C(=O)C1CCC(CN)CC1)C(C)COC. The average molecular weight is 256 g/mol. The van der Waals surface area contributed by atoms with Gasteiger partial charge in [-0.15, -0.1) is 0 Å². The minimum atomic E-state index is 0.166. The predicted molar refractivity (Wildman–Crippen MR) is 73.2 cm³/mol. The van der Waals surface area contributed by atoms with Gasteiger partial charge in [0.2, 0.25) is 5.91 Å². The Labute approximate surface area is 111 Å². The van der Waals surface area contributed by atoms with E-state index in [1.165, 1.54) is 0 Å². The average Bonchev–Trinajstić information content (AvgIpc) is 2.40. The molecule has 1 amide bonds. The molecule has 2 N–H and O–H groups in total. The summed E-state index contributed by atoms with van der Waals surface area (Å²) in [5.74, 6) is 1.13. The van der Waals surface area contributed by atoms with Crippen molar-refractivity contribution in [2.45, 2.75) is 45.6 Å². The second kappa shape index (κ2) is 7.74. The summed E-state index contributed by atoms with van der Waals surface area (Å²) in [6, 6.07) is 0.166. The Kier molecular flexibility index (Phi) is 6.65. The molecule has 1 aliphatic rings. The van der Waals surface area contributed by atoms with Crippen molar-refractivity contribution in [1.82, 2.24) is 4.90 Å². The van der Waals surface area contributed by atoms with E-state index >= 15 is 0 Å². The molecule has 18 heavy (non-hydrogen) atoms. The first-order chi connectivity index (χ1) is 8.63. The highest BCUT2D eigenvalue weighted by Crippen LogP contribution is 2.29. The zero-order valence-electron chi connectivity index (χ0n) is 12.0. The summed E-state index contributed by atoms with van der Waals surface area (Å²) in [7, 11) is 1.68. The number of carbonyl (C=O) groups excluding carboxylic acids is 1. The Hall–Kier alpha value is -0.610. The van der Waals surface area contributed by atoms with Crippen molar-refractivity contribution >= 4 is 5.91 Å². The molecule has 0 aliphatic heterocycles. The minimum absolute atomic E-state index is 0.166. The van der Waals surface area contributed by atoms with Gasteiger partial charge in [0.05, 0.1) is 12.6 Å². The summed E-state index contributed by atoms with van der Waals surface area (Å²) < 4.78 is 5.15. The van der Waals surface area contributed by atoms with Crippen LogP contribution < -0.4 is 5.73 Å². The van der Waals surface area contributed by atoms with E-state index in [0.717, 1.165) is 38.8 Å². The normalized spacial score (nSPS) is 25.8. The molecular weight excluding hydrogens is 228 g/mol. The second-order valence-electron chi connectivity index (χ2n) is 5.38. The first-order valence-electron chi connectivity index (χ1n) is 7.13. The number of ether oxygens (including phenoxy) is 1. The van der Waals surface area contributed by atoms with Gasteiger partial charge in [0.15, 0.2) is 0 Å². The van der Waals surface area contributed by atoms with Crippen LogP contribution in [0.2, 0.25) is 0 Å². The standard InChI is InChI=1S/C14H28N2O2/c1-4-16(11(2)10-18-3)14(17)13-7-5-12(9-15)6-8-13/h11-13H,4-10,15H2,1-3H3. The zero-order valence-corrected chi connectivity index (χ0v) is 12.0. The van der Waals surface area contributed by atoms with Crippen molar-refractivity contribution in [3.8, 4) is 0 Å². The third kappa shape index (κ3) is 3.95. The first kappa shape index (κ1) is 15.4. The van der Waals surface area contributed by atoms with Crippen LogP contribution in [-0.4, -0.2) is 43.7 Å². The van der Waals surface area contributed by atoms with Crippen LogP contribution in [0, 0.1) is 11.8 Å². The van der Waals surface area contributed by atoms with Crippen LogP contribution in [0.5, 0.6) is 0 Å². The third-order valence-corrected chi connectivity index (χ3v) is 4.09. The fourth-order valence-electron chi connectivity index (χ4n) is 2.90. The molecule has 1 aliphatic carbocycles. The molecule has 0 aromatic heterocycles. The molecule has 0 bridgehead atoms. The largest absolute Gasteiger partial charge is 0.383 e. The van der Waals surface area contributed by atoms with Crippen LogP contribution in [0.1, 0.15) is 39.5 Å². The Morgan fingerprint density at radius 2 is 2.00 bits per heavy atom. The number of likely N-dealkylation sites (N-methyl/N-ethyl adjacent to an activating group) is 1. The maximum absolute atomic E-state index is 12.5. The van der Waals surface area contributed by atoms with Gasteiger partial charge in [0.25, 0.3) is 0 Å². The van der Waals surface area contributed by atoms with Crippen molar-refractivity contribution in [3.05, 3.63) is 0 Å². The summed E-state index contributed by atoms with van der Waals surface area (Å²) in [5, 5.41) is 0. The van der Waals surface area contributed by atoms with E-state index in [1.807, 2.05) is 11.8 Å². The van der Waals surface area contributed by atoms with Gasteiger partial charge >= 0.3 is 0 Å². The van der Waals surface area contributed by atoms with Crippen LogP contribution in [0.15, 0.2) is 0 Å². The Balaban J connectivity index is 2.51. The maximum Gasteiger partial charge on any atom is 0.225 e. The summed E-state index contributed by atoms with van der Waals surface area (Å²) in [6.45, 7) is 6.22. The summed E-state index contributed by atoms with van der Waals surface area (Å²) in [5.41, 5.74) is 5.69. The fraction of sp³-hybridized carbons (Fsp3) is 0.929. The Bertz CT molecular complexity index is 250. The van der Waals surface area contributed by atoms with Crippen molar-refractivity contribution in [2.75, 3.05) is 26.8 Å². The highest BCUT2D eigenvalue weighted by atomic mass is 16.5.